The molecule has 26 heavy (non-hydrogen) atoms. The number of amides is 2. The summed E-state index contributed by atoms with van der Waals surface area (Å²) in [6.45, 7) is 4.43. The van der Waals surface area contributed by atoms with Crippen molar-refractivity contribution in [3.8, 4) is 5.75 Å². The molecule has 0 aromatic heterocycles. The van der Waals surface area contributed by atoms with E-state index < -0.39 is 0 Å². The molecule has 0 aliphatic carbocycles. The summed E-state index contributed by atoms with van der Waals surface area (Å²) >= 11 is 0. The average Bonchev–Trinajstić information content (AvgIpc) is 3.06. The van der Waals surface area contributed by atoms with Gasteiger partial charge >= 0.3 is 0 Å². The lowest BCUT2D eigenvalue weighted by Crippen LogP contribution is -2.50. The third-order valence-corrected chi connectivity index (χ3v) is 5.15. The fraction of sp³-hybridized carbons (Fsp3) is 0.579. The van der Waals surface area contributed by atoms with Crippen LogP contribution in [0.1, 0.15) is 6.42 Å². The van der Waals surface area contributed by atoms with Gasteiger partial charge in [0.2, 0.25) is 11.8 Å². The summed E-state index contributed by atoms with van der Waals surface area (Å²) in [5.74, 6) is 0.769. The maximum Gasteiger partial charge on any atom is 0.228 e. The molecule has 2 fully saturated rings. The number of ether oxygens (including phenoxy) is 2. The molecule has 7 heteroatoms. The number of rotatable bonds is 6. The van der Waals surface area contributed by atoms with E-state index >= 15 is 0 Å². The van der Waals surface area contributed by atoms with Crippen LogP contribution in [0.25, 0.3) is 0 Å². The van der Waals surface area contributed by atoms with Gasteiger partial charge in [0.25, 0.3) is 0 Å². The van der Waals surface area contributed by atoms with E-state index in [0.717, 1.165) is 24.5 Å². The van der Waals surface area contributed by atoms with Crippen molar-refractivity contribution >= 4 is 17.5 Å². The predicted molar refractivity (Wildman–Crippen MR) is 98.4 cm³/mol. The van der Waals surface area contributed by atoms with Crippen LogP contribution in [0.15, 0.2) is 24.3 Å². The number of nitrogens with zero attached hydrogens (tertiary/aromatic N) is 3. The van der Waals surface area contributed by atoms with Gasteiger partial charge in [-0.3, -0.25) is 9.59 Å². The molecule has 1 atom stereocenters. The molecule has 0 saturated carbocycles. The maximum absolute atomic E-state index is 12.8. The first kappa shape index (κ1) is 18.5. The number of likely N-dealkylation sites (tertiary alicyclic amines) is 1. The lowest BCUT2D eigenvalue weighted by molar-refractivity contribution is -0.136. The maximum atomic E-state index is 12.8. The Kier molecular flexibility index (Phi) is 5.98. The Bertz CT molecular complexity index is 643. The van der Waals surface area contributed by atoms with Gasteiger partial charge in [-0.05, 0) is 12.1 Å². The molecular weight excluding hydrogens is 334 g/mol. The summed E-state index contributed by atoms with van der Waals surface area (Å²) in [5, 5.41) is 0. The molecule has 1 aromatic rings. The molecule has 1 aromatic carbocycles. The minimum atomic E-state index is -0.225. The van der Waals surface area contributed by atoms with E-state index in [1.165, 1.54) is 0 Å². The molecule has 142 valence electrons. The topological polar surface area (TPSA) is 62.3 Å². The molecule has 2 aliphatic rings. The molecule has 3 rings (SSSR count). The van der Waals surface area contributed by atoms with Crippen LogP contribution in [-0.4, -0.2) is 81.7 Å². The molecule has 0 N–H and O–H groups in total. The number of methoxy groups -OCH3 is 2. The fourth-order valence-electron chi connectivity index (χ4n) is 3.67. The number of piperazine rings is 1. The predicted octanol–water partition coefficient (Wildman–Crippen LogP) is 0.839. The van der Waals surface area contributed by atoms with E-state index in [9.17, 15) is 9.59 Å². The molecule has 7 nitrogen and oxygen atoms in total. The lowest BCUT2D eigenvalue weighted by atomic mass is 10.1. The number of hydrogen-bond donors (Lipinski definition) is 0. The van der Waals surface area contributed by atoms with Crippen LogP contribution in [0.2, 0.25) is 0 Å². The number of carbonyl (C=O) groups excluding carboxylic acids is 2. The first-order valence-electron chi connectivity index (χ1n) is 9.07. The minimum Gasteiger partial charge on any atom is -0.495 e. The van der Waals surface area contributed by atoms with Gasteiger partial charge in [0, 0.05) is 52.8 Å². The van der Waals surface area contributed by atoms with Crippen molar-refractivity contribution in [2.24, 2.45) is 5.92 Å². The van der Waals surface area contributed by atoms with Crippen LogP contribution in [-0.2, 0) is 14.3 Å². The minimum absolute atomic E-state index is 0.0491. The Labute approximate surface area is 154 Å². The summed E-state index contributed by atoms with van der Waals surface area (Å²) in [7, 11) is 3.29. The van der Waals surface area contributed by atoms with Crippen LogP contribution in [0.3, 0.4) is 0 Å². The zero-order valence-corrected chi connectivity index (χ0v) is 15.5. The van der Waals surface area contributed by atoms with Crippen molar-refractivity contribution in [3.05, 3.63) is 24.3 Å². The monoisotopic (exact) mass is 361 g/mol. The Balaban J connectivity index is 1.55. The van der Waals surface area contributed by atoms with Gasteiger partial charge in [-0.25, -0.2) is 0 Å². The Hall–Kier alpha value is -2.28. The highest BCUT2D eigenvalue weighted by Gasteiger charge is 2.37. The van der Waals surface area contributed by atoms with Gasteiger partial charge < -0.3 is 24.2 Å². The smallest absolute Gasteiger partial charge is 0.228 e. The zero-order valence-electron chi connectivity index (χ0n) is 15.5. The summed E-state index contributed by atoms with van der Waals surface area (Å²) in [6, 6.07) is 7.94. The highest BCUT2D eigenvalue weighted by atomic mass is 16.5. The highest BCUT2D eigenvalue weighted by Crippen LogP contribution is 2.29. The van der Waals surface area contributed by atoms with Crippen LogP contribution < -0.4 is 9.64 Å². The molecule has 0 bridgehead atoms. The first-order chi connectivity index (χ1) is 12.6. The largest absolute Gasteiger partial charge is 0.495 e. The molecule has 0 spiro atoms. The quantitative estimate of drug-likeness (QED) is 0.751. The van der Waals surface area contributed by atoms with Crippen LogP contribution in [0, 0.1) is 5.92 Å². The van der Waals surface area contributed by atoms with Crippen LogP contribution in [0.4, 0.5) is 5.69 Å². The van der Waals surface area contributed by atoms with Crippen molar-refractivity contribution in [1.29, 1.82) is 0 Å². The molecular formula is C19H27N3O4. The summed E-state index contributed by atoms with van der Waals surface area (Å²) in [6.07, 6.45) is 0.315. The Morgan fingerprint density at radius 1 is 1.15 bits per heavy atom. The van der Waals surface area contributed by atoms with Crippen molar-refractivity contribution < 1.29 is 19.1 Å². The molecule has 2 aliphatic heterocycles. The summed E-state index contributed by atoms with van der Waals surface area (Å²) in [4.78, 5) is 30.7. The van der Waals surface area contributed by atoms with E-state index in [1.54, 1.807) is 19.1 Å². The third kappa shape index (κ3) is 3.93. The van der Waals surface area contributed by atoms with E-state index in [-0.39, 0.29) is 17.7 Å². The van der Waals surface area contributed by atoms with Crippen molar-refractivity contribution in [2.45, 2.75) is 6.42 Å². The SMILES string of the molecule is COCCN1CC(C(=O)N2CCN(c3ccccc3OC)CC2)CC1=O. The van der Waals surface area contributed by atoms with Gasteiger partial charge in [0.15, 0.2) is 0 Å². The number of benzene rings is 1. The number of anilines is 1. The summed E-state index contributed by atoms with van der Waals surface area (Å²) < 4.78 is 10.5. The first-order valence-corrected chi connectivity index (χ1v) is 9.07. The van der Waals surface area contributed by atoms with Gasteiger partial charge in [-0.15, -0.1) is 0 Å². The van der Waals surface area contributed by atoms with Gasteiger partial charge in [0.1, 0.15) is 5.75 Å². The number of carbonyl (C=O) groups is 2. The van der Waals surface area contributed by atoms with Crippen LogP contribution in [0.5, 0.6) is 5.75 Å². The zero-order chi connectivity index (χ0) is 18.5. The third-order valence-electron chi connectivity index (χ3n) is 5.15. The average molecular weight is 361 g/mol. The van der Waals surface area contributed by atoms with Crippen molar-refractivity contribution in [2.75, 3.05) is 65.0 Å². The van der Waals surface area contributed by atoms with Gasteiger partial charge in [-0.1, -0.05) is 12.1 Å². The normalized spacial score (nSPS) is 20.6. The fourth-order valence-corrected chi connectivity index (χ4v) is 3.67. The Morgan fingerprint density at radius 3 is 2.58 bits per heavy atom. The van der Waals surface area contributed by atoms with Crippen molar-refractivity contribution in [1.82, 2.24) is 9.80 Å². The Morgan fingerprint density at radius 2 is 1.88 bits per heavy atom. The second-order valence-corrected chi connectivity index (χ2v) is 6.72. The van der Waals surface area contributed by atoms with E-state index in [0.29, 0.717) is 39.2 Å². The second-order valence-electron chi connectivity index (χ2n) is 6.72. The van der Waals surface area contributed by atoms with E-state index in [2.05, 4.69) is 4.90 Å². The van der Waals surface area contributed by atoms with Crippen LogP contribution >= 0.6 is 0 Å². The molecule has 1 unspecified atom stereocenters. The van der Waals surface area contributed by atoms with Gasteiger partial charge in [-0.2, -0.15) is 0 Å². The van der Waals surface area contributed by atoms with E-state index in [1.807, 2.05) is 29.2 Å². The molecule has 2 saturated heterocycles. The number of hydrogen-bond acceptors (Lipinski definition) is 5. The lowest BCUT2D eigenvalue weighted by Gasteiger charge is -2.37. The molecule has 2 amide bonds. The van der Waals surface area contributed by atoms with Crippen molar-refractivity contribution in [3.63, 3.8) is 0 Å². The van der Waals surface area contributed by atoms with E-state index in [4.69, 9.17) is 9.47 Å². The highest BCUT2D eigenvalue weighted by molar-refractivity contribution is 5.89. The molecule has 0 radical (unpaired) electrons. The standard InChI is InChI=1S/C19H27N3O4/c1-25-12-11-22-14-15(13-18(22)23)19(24)21-9-7-20(8-10-21)16-5-3-4-6-17(16)26-2/h3-6,15H,7-14H2,1-2H3. The number of para-hydroxylation sites is 2. The summed E-state index contributed by atoms with van der Waals surface area (Å²) in [5.41, 5.74) is 1.06. The second kappa shape index (κ2) is 8.40. The molecule has 2 heterocycles. The van der Waals surface area contributed by atoms with Gasteiger partial charge in [0.05, 0.1) is 25.3 Å².